The van der Waals surface area contributed by atoms with Gasteiger partial charge in [-0.1, -0.05) is 0 Å². The summed E-state index contributed by atoms with van der Waals surface area (Å²) in [7, 11) is -0.811. The van der Waals surface area contributed by atoms with Crippen LogP contribution in [-0.4, -0.2) is 34.3 Å². The minimum atomic E-state index is -3.67. The van der Waals surface area contributed by atoms with Crippen LogP contribution in [-0.2, 0) is 14.6 Å². The second kappa shape index (κ2) is 7.98. The van der Waals surface area contributed by atoms with Gasteiger partial charge < -0.3 is 14.8 Å². The van der Waals surface area contributed by atoms with E-state index in [2.05, 4.69) is 5.32 Å². The highest BCUT2D eigenvalue weighted by atomic mass is 32.2. The number of ether oxygens (including phenoxy) is 2. The van der Waals surface area contributed by atoms with E-state index < -0.39 is 21.6 Å². The molecule has 0 spiro atoms. The minimum absolute atomic E-state index is 0.0414. The van der Waals surface area contributed by atoms with Gasteiger partial charge in [0.05, 0.1) is 24.9 Å². The molecule has 8 heteroatoms. The lowest BCUT2D eigenvalue weighted by Gasteiger charge is -2.10. The van der Waals surface area contributed by atoms with Crippen molar-refractivity contribution in [2.45, 2.75) is 11.3 Å². The maximum atomic E-state index is 12.8. The molecule has 6 nitrogen and oxygen atoms in total. The Morgan fingerprint density at radius 1 is 1.04 bits per heavy atom. The second-order valence-electron chi connectivity index (χ2n) is 5.14. The zero-order chi connectivity index (χ0) is 18.4. The van der Waals surface area contributed by atoms with E-state index in [1.165, 1.54) is 56.7 Å². The molecule has 25 heavy (non-hydrogen) atoms. The van der Waals surface area contributed by atoms with Crippen molar-refractivity contribution in [2.75, 3.05) is 25.3 Å². The summed E-state index contributed by atoms with van der Waals surface area (Å²) < 4.78 is 47.7. The zero-order valence-electron chi connectivity index (χ0n) is 13.8. The smallest absolute Gasteiger partial charge is 0.225 e. The molecule has 0 atom stereocenters. The summed E-state index contributed by atoms with van der Waals surface area (Å²) in [6.07, 6.45) is -0.228. The number of amides is 1. The van der Waals surface area contributed by atoms with Crippen molar-refractivity contribution in [2.24, 2.45) is 0 Å². The van der Waals surface area contributed by atoms with Crippen LogP contribution in [0.15, 0.2) is 47.4 Å². The maximum Gasteiger partial charge on any atom is 0.225 e. The average molecular weight is 367 g/mol. The number of sulfone groups is 1. The minimum Gasteiger partial charge on any atom is -0.493 e. The van der Waals surface area contributed by atoms with Gasteiger partial charge in [-0.15, -0.1) is 0 Å². The number of carbonyl (C=O) groups is 1. The number of anilines is 1. The van der Waals surface area contributed by atoms with Crippen LogP contribution in [0.5, 0.6) is 11.5 Å². The third-order valence-corrected chi connectivity index (χ3v) is 5.15. The van der Waals surface area contributed by atoms with Gasteiger partial charge in [0, 0.05) is 18.2 Å². The highest BCUT2D eigenvalue weighted by Gasteiger charge is 2.19. The lowest BCUT2D eigenvalue weighted by Crippen LogP contribution is -2.17. The molecule has 0 bridgehead atoms. The van der Waals surface area contributed by atoms with E-state index >= 15 is 0 Å². The number of benzene rings is 2. The average Bonchev–Trinajstić information content (AvgIpc) is 2.61. The quantitative estimate of drug-likeness (QED) is 0.814. The molecule has 2 rings (SSSR count). The number of methoxy groups -OCH3 is 2. The van der Waals surface area contributed by atoms with E-state index in [-0.39, 0.29) is 17.1 Å². The van der Waals surface area contributed by atoms with Crippen LogP contribution in [0.4, 0.5) is 10.1 Å². The molecule has 0 fully saturated rings. The summed E-state index contributed by atoms with van der Waals surface area (Å²) in [5.41, 5.74) is 0.398. The van der Waals surface area contributed by atoms with Crippen molar-refractivity contribution in [1.82, 2.24) is 0 Å². The lowest BCUT2D eigenvalue weighted by molar-refractivity contribution is -0.115. The van der Waals surface area contributed by atoms with Crippen LogP contribution < -0.4 is 14.8 Å². The fourth-order valence-electron chi connectivity index (χ4n) is 2.11. The zero-order valence-corrected chi connectivity index (χ0v) is 14.6. The topological polar surface area (TPSA) is 81.7 Å². The first-order valence-corrected chi connectivity index (χ1v) is 9.01. The fourth-order valence-corrected chi connectivity index (χ4v) is 3.36. The molecule has 0 saturated heterocycles. The van der Waals surface area contributed by atoms with Gasteiger partial charge in [0.15, 0.2) is 21.3 Å². The van der Waals surface area contributed by atoms with Crippen molar-refractivity contribution in [3.05, 3.63) is 48.3 Å². The van der Waals surface area contributed by atoms with Crippen molar-refractivity contribution < 1.29 is 27.1 Å². The molecule has 0 radical (unpaired) electrons. The van der Waals surface area contributed by atoms with Crippen LogP contribution in [0.1, 0.15) is 6.42 Å². The van der Waals surface area contributed by atoms with Gasteiger partial charge in [0.25, 0.3) is 0 Å². The molecule has 2 aromatic rings. The van der Waals surface area contributed by atoms with E-state index in [0.717, 1.165) is 0 Å². The van der Waals surface area contributed by atoms with Crippen molar-refractivity contribution in [1.29, 1.82) is 0 Å². The number of halogens is 1. The third kappa shape index (κ3) is 4.93. The van der Waals surface area contributed by atoms with Crippen LogP contribution in [0.2, 0.25) is 0 Å². The van der Waals surface area contributed by atoms with Crippen molar-refractivity contribution >= 4 is 21.4 Å². The normalized spacial score (nSPS) is 11.0. The molecule has 0 aliphatic rings. The summed E-state index contributed by atoms with van der Waals surface area (Å²) in [6.45, 7) is 0. The van der Waals surface area contributed by atoms with E-state index in [9.17, 15) is 17.6 Å². The Morgan fingerprint density at radius 2 is 1.68 bits per heavy atom. The maximum absolute atomic E-state index is 12.8. The van der Waals surface area contributed by atoms with Crippen molar-refractivity contribution in [3.63, 3.8) is 0 Å². The molecule has 134 valence electrons. The first-order chi connectivity index (χ1) is 11.9. The lowest BCUT2D eigenvalue weighted by atomic mass is 10.3. The first kappa shape index (κ1) is 18.7. The van der Waals surface area contributed by atoms with E-state index in [0.29, 0.717) is 17.2 Å². The van der Waals surface area contributed by atoms with E-state index in [1.54, 1.807) is 0 Å². The Kier molecular flexibility index (Phi) is 5.97. The Hall–Kier alpha value is -2.61. The molecule has 0 aromatic heterocycles. The summed E-state index contributed by atoms with van der Waals surface area (Å²) >= 11 is 0. The molecule has 0 saturated carbocycles. The van der Waals surface area contributed by atoms with E-state index in [4.69, 9.17) is 9.47 Å². The van der Waals surface area contributed by atoms with Crippen LogP contribution >= 0.6 is 0 Å². The highest BCUT2D eigenvalue weighted by Crippen LogP contribution is 2.29. The van der Waals surface area contributed by atoms with Gasteiger partial charge in [0.2, 0.25) is 5.91 Å². The Balaban J connectivity index is 2.03. The van der Waals surface area contributed by atoms with Crippen molar-refractivity contribution in [3.8, 4) is 11.5 Å². The summed E-state index contributed by atoms with van der Waals surface area (Å²) in [6, 6.07) is 9.45. The number of rotatable bonds is 7. The van der Waals surface area contributed by atoms with Crippen LogP contribution in [0.25, 0.3) is 0 Å². The molecule has 0 unspecified atom stereocenters. The Bertz CT molecular complexity index is 850. The van der Waals surface area contributed by atoms with E-state index in [1.807, 2.05) is 0 Å². The molecule has 2 aromatic carbocycles. The van der Waals surface area contributed by atoms with Gasteiger partial charge in [-0.25, -0.2) is 12.8 Å². The molecular formula is C17H18FNO5S. The molecule has 1 amide bonds. The number of carbonyl (C=O) groups excluding carboxylic acids is 1. The third-order valence-electron chi connectivity index (χ3n) is 3.44. The Labute approximate surface area is 145 Å². The summed E-state index contributed by atoms with van der Waals surface area (Å²) in [5, 5.41) is 2.52. The fraction of sp³-hybridized carbons (Fsp3) is 0.235. The number of hydrogen-bond donors (Lipinski definition) is 1. The largest absolute Gasteiger partial charge is 0.493 e. The van der Waals surface area contributed by atoms with Gasteiger partial charge >= 0.3 is 0 Å². The number of nitrogens with one attached hydrogen (secondary N) is 1. The second-order valence-corrected chi connectivity index (χ2v) is 7.25. The molecule has 0 heterocycles. The van der Waals surface area contributed by atoms with Gasteiger partial charge in [-0.05, 0) is 36.4 Å². The SMILES string of the molecule is COc1ccc(S(=O)(=O)CCC(=O)Nc2ccc(F)cc2)cc1OC. The van der Waals surface area contributed by atoms with Gasteiger partial charge in [0.1, 0.15) is 5.82 Å². The van der Waals surface area contributed by atoms with Crippen LogP contribution in [0.3, 0.4) is 0 Å². The summed E-state index contributed by atoms with van der Waals surface area (Å²) in [5.74, 6) is -0.560. The molecular weight excluding hydrogens is 349 g/mol. The molecule has 0 aliphatic carbocycles. The summed E-state index contributed by atoms with van der Waals surface area (Å²) in [4.78, 5) is 11.9. The predicted octanol–water partition coefficient (Wildman–Crippen LogP) is 2.65. The van der Waals surface area contributed by atoms with Gasteiger partial charge in [-0.2, -0.15) is 0 Å². The first-order valence-electron chi connectivity index (χ1n) is 7.36. The molecule has 0 aliphatic heterocycles. The Morgan fingerprint density at radius 3 is 2.28 bits per heavy atom. The molecule has 1 N–H and O–H groups in total. The highest BCUT2D eigenvalue weighted by molar-refractivity contribution is 7.91. The monoisotopic (exact) mass is 367 g/mol. The van der Waals surface area contributed by atoms with Gasteiger partial charge in [-0.3, -0.25) is 4.79 Å². The van der Waals surface area contributed by atoms with Crippen LogP contribution in [0, 0.1) is 5.82 Å². The standard InChI is InChI=1S/C17H18FNO5S/c1-23-15-8-7-14(11-16(15)24-2)25(21,22)10-9-17(20)19-13-5-3-12(18)4-6-13/h3-8,11H,9-10H2,1-2H3,(H,19,20). The number of hydrogen-bond acceptors (Lipinski definition) is 5. The predicted molar refractivity (Wildman–Crippen MR) is 91.2 cm³/mol.